The molecule has 1 N–H and O–H groups in total. The van der Waals surface area contributed by atoms with Crippen LogP contribution < -0.4 is 5.32 Å². The molecule has 5 heteroatoms. The third-order valence-electron chi connectivity index (χ3n) is 2.63. The van der Waals surface area contributed by atoms with Crippen LogP contribution in [0.5, 0.6) is 0 Å². The lowest BCUT2D eigenvalue weighted by molar-refractivity contribution is 0.981. The maximum atomic E-state index is 5.82. The van der Waals surface area contributed by atoms with Crippen LogP contribution in [0.1, 0.15) is 22.5 Å². The lowest BCUT2D eigenvalue weighted by atomic mass is 10.1. The molecule has 2 aromatic rings. The predicted molar refractivity (Wildman–Crippen MR) is 73.5 cm³/mol. The highest BCUT2D eigenvalue weighted by Crippen LogP contribution is 2.24. The molecule has 0 radical (unpaired) electrons. The van der Waals surface area contributed by atoms with Gasteiger partial charge in [-0.25, -0.2) is 4.98 Å². The Kier molecular flexibility index (Phi) is 3.48. The van der Waals surface area contributed by atoms with Crippen LogP contribution in [0.2, 0.25) is 5.28 Å². The van der Waals surface area contributed by atoms with Crippen LogP contribution in [-0.2, 0) is 0 Å². The zero-order valence-corrected chi connectivity index (χ0v) is 11.6. The fourth-order valence-electron chi connectivity index (χ4n) is 1.99. The summed E-state index contributed by atoms with van der Waals surface area (Å²) in [6.45, 7) is 7.97. The second-order valence-corrected chi connectivity index (χ2v) is 4.71. The van der Waals surface area contributed by atoms with Gasteiger partial charge in [-0.15, -0.1) is 0 Å². The highest BCUT2D eigenvalue weighted by molar-refractivity contribution is 6.28. The van der Waals surface area contributed by atoms with Gasteiger partial charge < -0.3 is 5.32 Å². The maximum Gasteiger partial charge on any atom is 0.231 e. The van der Waals surface area contributed by atoms with Crippen molar-refractivity contribution in [1.29, 1.82) is 0 Å². The van der Waals surface area contributed by atoms with Crippen molar-refractivity contribution in [1.82, 2.24) is 15.0 Å². The van der Waals surface area contributed by atoms with Crippen molar-refractivity contribution >= 4 is 23.2 Å². The summed E-state index contributed by atoms with van der Waals surface area (Å²) in [5.41, 5.74) is 4.56. The molecule has 1 aromatic carbocycles. The van der Waals surface area contributed by atoms with E-state index in [0.29, 0.717) is 11.8 Å². The zero-order chi connectivity index (χ0) is 13.3. The molecule has 0 aliphatic rings. The average Bonchev–Trinajstić information content (AvgIpc) is 2.22. The summed E-state index contributed by atoms with van der Waals surface area (Å²) in [7, 11) is 0. The van der Waals surface area contributed by atoms with Gasteiger partial charge in [0.1, 0.15) is 5.82 Å². The van der Waals surface area contributed by atoms with Crippen molar-refractivity contribution in [2.75, 3.05) is 5.32 Å². The predicted octanol–water partition coefficient (Wildman–Crippen LogP) is 3.50. The number of nitrogens with zero attached hydrogens (tertiary/aromatic N) is 3. The molecule has 0 atom stereocenters. The van der Waals surface area contributed by atoms with Gasteiger partial charge in [0.05, 0.1) is 0 Å². The number of hydrogen-bond acceptors (Lipinski definition) is 4. The molecule has 0 unspecified atom stereocenters. The van der Waals surface area contributed by atoms with E-state index in [2.05, 4.69) is 53.2 Å². The molecular formula is C13H15ClN4. The van der Waals surface area contributed by atoms with E-state index in [1.165, 1.54) is 5.56 Å². The summed E-state index contributed by atoms with van der Waals surface area (Å²) in [4.78, 5) is 12.2. The van der Waals surface area contributed by atoms with E-state index in [4.69, 9.17) is 11.6 Å². The second-order valence-electron chi connectivity index (χ2n) is 4.37. The highest BCUT2D eigenvalue weighted by Gasteiger charge is 2.07. The minimum Gasteiger partial charge on any atom is -0.324 e. The summed E-state index contributed by atoms with van der Waals surface area (Å²) < 4.78 is 0. The summed E-state index contributed by atoms with van der Waals surface area (Å²) in [5.74, 6) is 1.07. The topological polar surface area (TPSA) is 50.7 Å². The summed E-state index contributed by atoms with van der Waals surface area (Å²) >= 11 is 5.82. The normalized spacial score (nSPS) is 10.5. The number of rotatable bonds is 2. The first kappa shape index (κ1) is 12.8. The Balaban J connectivity index is 2.40. The van der Waals surface area contributed by atoms with Crippen molar-refractivity contribution < 1.29 is 0 Å². The van der Waals surface area contributed by atoms with E-state index in [1.54, 1.807) is 6.92 Å². The number of benzene rings is 1. The van der Waals surface area contributed by atoms with Gasteiger partial charge in [-0.2, -0.15) is 9.97 Å². The molecule has 0 amide bonds. The van der Waals surface area contributed by atoms with Gasteiger partial charge in [0.25, 0.3) is 0 Å². The lowest BCUT2D eigenvalue weighted by Gasteiger charge is -2.12. The quantitative estimate of drug-likeness (QED) is 0.900. The molecule has 94 valence electrons. The first-order valence-electron chi connectivity index (χ1n) is 5.69. The first-order valence-corrected chi connectivity index (χ1v) is 6.06. The molecule has 1 aromatic heterocycles. The Hall–Kier alpha value is -1.68. The van der Waals surface area contributed by atoms with Crippen LogP contribution >= 0.6 is 11.6 Å². The van der Waals surface area contributed by atoms with Gasteiger partial charge in [0, 0.05) is 5.69 Å². The molecule has 4 nitrogen and oxygen atoms in total. The zero-order valence-electron chi connectivity index (χ0n) is 10.9. The smallest absolute Gasteiger partial charge is 0.231 e. The molecule has 0 bridgehead atoms. The van der Waals surface area contributed by atoms with Crippen LogP contribution in [0.15, 0.2) is 12.1 Å². The minimum atomic E-state index is 0.201. The van der Waals surface area contributed by atoms with Gasteiger partial charge in [-0.3, -0.25) is 0 Å². The average molecular weight is 263 g/mol. The van der Waals surface area contributed by atoms with Gasteiger partial charge in [0.15, 0.2) is 0 Å². The standard InChI is InChI=1S/C13H15ClN4/c1-7-5-8(2)11(9(3)6-7)17-13-16-10(4)15-12(14)18-13/h5-6H,1-4H3,(H,15,16,17,18). The summed E-state index contributed by atoms with van der Waals surface area (Å²) in [5, 5.41) is 3.40. The maximum absolute atomic E-state index is 5.82. The SMILES string of the molecule is Cc1cc(C)c(Nc2nc(C)nc(Cl)n2)c(C)c1. The summed E-state index contributed by atoms with van der Waals surface area (Å²) in [6.07, 6.45) is 0. The van der Waals surface area contributed by atoms with Crippen molar-refractivity contribution in [2.45, 2.75) is 27.7 Å². The molecule has 1 heterocycles. The van der Waals surface area contributed by atoms with Crippen LogP contribution in [0, 0.1) is 27.7 Å². The van der Waals surface area contributed by atoms with Gasteiger partial charge in [0.2, 0.25) is 11.2 Å². The molecule has 0 spiro atoms. The third-order valence-corrected chi connectivity index (χ3v) is 2.80. The number of halogens is 1. The number of aromatic nitrogens is 3. The fourth-order valence-corrected chi connectivity index (χ4v) is 2.20. The van der Waals surface area contributed by atoms with Crippen molar-refractivity contribution in [2.24, 2.45) is 0 Å². The Morgan fingerprint density at radius 1 is 0.944 bits per heavy atom. The summed E-state index contributed by atoms with van der Waals surface area (Å²) in [6, 6.07) is 4.23. The molecule has 18 heavy (non-hydrogen) atoms. The van der Waals surface area contributed by atoms with E-state index in [1.807, 2.05) is 0 Å². The number of aryl methyl sites for hydroxylation is 4. The monoisotopic (exact) mass is 262 g/mol. The van der Waals surface area contributed by atoms with Gasteiger partial charge in [-0.05, 0) is 50.4 Å². The highest BCUT2D eigenvalue weighted by atomic mass is 35.5. The molecule has 0 saturated carbocycles. The molecule has 0 saturated heterocycles. The molecule has 0 aliphatic heterocycles. The molecule has 2 rings (SSSR count). The second kappa shape index (κ2) is 4.90. The molecular weight excluding hydrogens is 248 g/mol. The van der Waals surface area contributed by atoms with Gasteiger partial charge >= 0.3 is 0 Å². The first-order chi connectivity index (χ1) is 8.45. The van der Waals surface area contributed by atoms with Crippen molar-refractivity contribution in [3.05, 3.63) is 39.9 Å². The number of nitrogens with one attached hydrogen (secondary N) is 1. The largest absolute Gasteiger partial charge is 0.324 e. The van der Waals surface area contributed by atoms with Crippen LogP contribution in [0.25, 0.3) is 0 Å². The number of anilines is 2. The van der Waals surface area contributed by atoms with Crippen LogP contribution in [0.3, 0.4) is 0 Å². The fraction of sp³-hybridized carbons (Fsp3) is 0.308. The Morgan fingerprint density at radius 2 is 1.56 bits per heavy atom. The Morgan fingerprint density at radius 3 is 2.11 bits per heavy atom. The van der Waals surface area contributed by atoms with E-state index in [0.717, 1.165) is 16.8 Å². The molecule has 0 aliphatic carbocycles. The van der Waals surface area contributed by atoms with Gasteiger partial charge in [-0.1, -0.05) is 17.7 Å². The molecule has 0 fully saturated rings. The lowest BCUT2D eigenvalue weighted by Crippen LogP contribution is -2.03. The minimum absolute atomic E-state index is 0.201. The van der Waals surface area contributed by atoms with Crippen molar-refractivity contribution in [3.8, 4) is 0 Å². The van der Waals surface area contributed by atoms with E-state index in [-0.39, 0.29) is 5.28 Å². The Bertz CT molecular complexity index is 552. The van der Waals surface area contributed by atoms with E-state index in [9.17, 15) is 0 Å². The third kappa shape index (κ3) is 2.76. The Labute approximate surface area is 111 Å². The van der Waals surface area contributed by atoms with Crippen molar-refractivity contribution in [3.63, 3.8) is 0 Å². The van der Waals surface area contributed by atoms with Crippen LogP contribution in [-0.4, -0.2) is 15.0 Å². The van der Waals surface area contributed by atoms with E-state index >= 15 is 0 Å². The number of hydrogen-bond donors (Lipinski definition) is 1. The van der Waals surface area contributed by atoms with Crippen LogP contribution in [0.4, 0.5) is 11.6 Å². The van der Waals surface area contributed by atoms with E-state index < -0.39 is 0 Å².